The number of anilines is 1. The van der Waals surface area contributed by atoms with Crippen LogP contribution in [0.4, 0.5) is 5.69 Å². The third-order valence-corrected chi connectivity index (χ3v) is 3.76. The largest absolute Gasteiger partial charge is 0.308 e. The third kappa shape index (κ3) is 3.91. The molecule has 3 nitrogen and oxygen atoms in total. The molecule has 1 aromatic heterocycles. The SMILES string of the molecule is CCCN(C(=O)c1ccnc(Br)c1)c1ccc(CC)cc1. The van der Waals surface area contributed by atoms with Crippen LogP contribution in [0.5, 0.6) is 0 Å². The topological polar surface area (TPSA) is 33.2 Å². The monoisotopic (exact) mass is 346 g/mol. The first-order valence-corrected chi connectivity index (χ1v) is 7.97. The molecule has 0 aliphatic carbocycles. The Hall–Kier alpha value is -1.68. The molecule has 1 heterocycles. The van der Waals surface area contributed by atoms with Crippen molar-refractivity contribution in [2.75, 3.05) is 11.4 Å². The number of benzene rings is 1. The molecule has 0 saturated carbocycles. The number of carbonyl (C=O) groups excluding carboxylic acids is 1. The second-order valence-electron chi connectivity index (χ2n) is 4.84. The minimum atomic E-state index is 0.00389. The normalized spacial score (nSPS) is 10.4. The summed E-state index contributed by atoms with van der Waals surface area (Å²) >= 11 is 3.31. The van der Waals surface area contributed by atoms with Crippen molar-refractivity contribution in [1.82, 2.24) is 4.98 Å². The molecule has 4 heteroatoms. The maximum atomic E-state index is 12.7. The molecule has 1 aromatic carbocycles. The predicted octanol–water partition coefficient (Wildman–Crippen LogP) is 4.46. The van der Waals surface area contributed by atoms with Crippen molar-refractivity contribution in [3.63, 3.8) is 0 Å². The molecule has 0 saturated heterocycles. The number of halogens is 1. The number of rotatable bonds is 5. The van der Waals surface area contributed by atoms with E-state index in [1.165, 1.54) is 5.56 Å². The summed E-state index contributed by atoms with van der Waals surface area (Å²) in [4.78, 5) is 18.6. The average Bonchev–Trinajstić information content (AvgIpc) is 2.52. The molecule has 0 spiro atoms. The first kappa shape index (κ1) is 15.7. The van der Waals surface area contributed by atoms with E-state index in [0.717, 1.165) is 18.5 Å². The van der Waals surface area contributed by atoms with Crippen molar-refractivity contribution in [1.29, 1.82) is 0 Å². The van der Waals surface area contributed by atoms with Crippen LogP contribution in [-0.4, -0.2) is 17.4 Å². The first-order chi connectivity index (χ1) is 10.2. The number of hydrogen-bond donors (Lipinski definition) is 0. The van der Waals surface area contributed by atoms with Crippen molar-refractivity contribution in [2.45, 2.75) is 26.7 Å². The summed E-state index contributed by atoms with van der Waals surface area (Å²) in [6.07, 6.45) is 3.55. The second-order valence-corrected chi connectivity index (χ2v) is 5.66. The van der Waals surface area contributed by atoms with E-state index in [4.69, 9.17) is 0 Å². The summed E-state index contributed by atoms with van der Waals surface area (Å²) in [5.74, 6) is 0.00389. The van der Waals surface area contributed by atoms with Crippen molar-refractivity contribution in [3.05, 3.63) is 58.3 Å². The van der Waals surface area contributed by atoms with Crippen LogP contribution in [0, 0.1) is 0 Å². The lowest BCUT2D eigenvalue weighted by molar-refractivity contribution is 0.0986. The molecule has 0 N–H and O–H groups in total. The highest BCUT2D eigenvalue weighted by Crippen LogP contribution is 2.20. The Morgan fingerprint density at radius 1 is 1.19 bits per heavy atom. The fraction of sp³-hybridized carbons (Fsp3) is 0.294. The molecule has 110 valence electrons. The van der Waals surface area contributed by atoms with Gasteiger partial charge in [0.05, 0.1) is 0 Å². The average molecular weight is 347 g/mol. The van der Waals surface area contributed by atoms with E-state index < -0.39 is 0 Å². The minimum absolute atomic E-state index is 0.00389. The van der Waals surface area contributed by atoms with Crippen LogP contribution >= 0.6 is 15.9 Å². The smallest absolute Gasteiger partial charge is 0.258 e. The molecule has 0 aliphatic rings. The summed E-state index contributed by atoms with van der Waals surface area (Å²) in [5, 5.41) is 0. The Bertz CT molecular complexity index is 610. The van der Waals surface area contributed by atoms with E-state index >= 15 is 0 Å². The predicted molar refractivity (Wildman–Crippen MR) is 89.7 cm³/mol. The van der Waals surface area contributed by atoms with Gasteiger partial charge in [0.2, 0.25) is 0 Å². The van der Waals surface area contributed by atoms with E-state index in [-0.39, 0.29) is 5.91 Å². The van der Waals surface area contributed by atoms with E-state index in [2.05, 4.69) is 46.9 Å². The molecule has 2 aromatic rings. The zero-order chi connectivity index (χ0) is 15.2. The van der Waals surface area contributed by atoms with Crippen LogP contribution < -0.4 is 4.90 Å². The molecule has 0 bridgehead atoms. The summed E-state index contributed by atoms with van der Waals surface area (Å²) in [5.41, 5.74) is 2.85. The Kier molecular flexibility index (Phi) is 5.51. The fourth-order valence-electron chi connectivity index (χ4n) is 2.17. The molecular formula is C17H19BrN2O. The van der Waals surface area contributed by atoms with Crippen LogP contribution in [0.2, 0.25) is 0 Å². The third-order valence-electron chi connectivity index (χ3n) is 3.32. The molecule has 0 fully saturated rings. The highest BCUT2D eigenvalue weighted by molar-refractivity contribution is 9.10. The number of pyridine rings is 1. The Morgan fingerprint density at radius 2 is 1.90 bits per heavy atom. The van der Waals surface area contributed by atoms with Gasteiger partial charge in [-0.3, -0.25) is 4.79 Å². The van der Waals surface area contributed by atoms with Gasteiger partial charge in [-0.25, -0.2) is 4.98 Å². The molecule has 0 atom stereocenters. The summed E-state index contributed by atoms with van der Waals surface area (Å²) in [6.45, 7) is 4.89. The number of carbonyl (C=O) groups is 1. The first-order valence-electron chi connectivity index (χ1n) is 7.18. The Labute approximate surface area is 134 Å². The van der Waals surface area contributed by atoms with Gasteiger partial charge in [-0.05, 0) is 58.6 Å². The molecule has 1 amide bonds. The van der Waals surface area contributed by atoms with Crippen molar-refractivity contribution in [3.8, 4) is 0 Å². The van der Waals surface area contributed by atoms with Crippen molar-refractivity contribution in [2.24, 2.45) is 0 Å². The van der Waals surface area contributed by atoms with Crippen LogP contribution in [0.15, 0.2) is 47.2 Å². The number of hydrogen-bond acceptors (Lipinski definition) is 2. The van der Waals surface area contributed by atoms with E-state index in [0.29, 0.717) is 16.7 Å². The van der Waals surface area contributed by atoms with E-state index in [9.17, 15) is 4.79 Å². The molecule has 2 rings (SSSR count). The number of amides is 1. The molecule has 0 unspecified atom stereocenters. The standard InChI is InChI=1S/C17H19BrN2O/c1-3-11-20(15-7-5-13(4-2)6-8-15)17(21)14-9-10-19-16(18)12-14/h5-10,12H,3-4,11H2,1-2H3. The van der Waals surface area contributed by atoms with Gasteiger partial charge >= 0.3 is 0 Å². The van der Waals surface area contributed by atoms with Crippen LogP contribution in [0.1, 0.15) is 36.2 Å². The van der Waals surface area contributed by atoms with Gasteiger partial charge in [-0.2, -0.15) is 0 Å². The van der Waals surface area contributed by atoms with Crippen LogP contribution in [0.25, 0.3) is 0 Å². The van der Waals surface area contributed by atoms with Gasteiger partial charge in [0.15, 0.2) is 0 Å². The van der Waals surface area contributed by atoms with Gasteiger partial charge in [-0.15, -0.1) is 0 Å². The van der Waals surface area contributed by atoms with Gasteiger partial charge in [0, 0.05) is 24.0 Å². The quantitative estimate of drug-likeness (QED) is 0.748. The van der Waals surface area contributed by atoms with E-state index in [1.54, 1.807) is 18.3 Å². The number of aryl methyl sites for hydroxylation is 1. The Balaban J connectivity index is 2.31. The van der Waals surface area contributed by atoms with Gasteiger partial charge < -0.3 is 4.90 Å². The highest BCUT2D eigenvalue weighted by atomic mass is 79.9. The summed E-state index contributed by atoms with van der Waals surface area (Å²) in [6, 6.07) is 11.7. The minimum Gasteiger partial charge on any atom is -0.308 e. The van der Waals surface area contributed by atoms with E-state index in [1.807, 2.05) is 17.0 Å². The zero-order valence-electron chi connectivity index (χ0n) is 12.3. The lowest BCUT2D eigenvalue weighted by Gasteiger charge is -2.22. The van der Waals surface area contributed by atoms with Crippen LogP contribution in [-0.2, 0) is 6.42 Å². The lowest BCUT2D eigenvalue weighted by atomic mass is 10.1. The highest BCUT2D eigenvalue weighted by Gasteiger charge is 2.17. The van der Waals surface area contributed by atoms with Gasteiger partial charge in [-0.1, -0.05) is 26.0 Å². The zero-order valence-corrected chi connectivity index (χ0v) is 13.9. The van der Waals surface area contributed by atoms with Crippen molar-refractivity contribution >= 4 is 27.5 Å². The van der Waals surface area contributed by atoms with Gasteiger partial charge in [0.1, 0.15) is 4.60 Å². The molecular weight excluding hydrogens is 328 g/mol. The maximum absolute atomic E-state index is 12.7. The van der Waals surface area contributed by atoms with Crippen molar-refractivity contribution < 1.29 is 4.79 Å². The molecule has 21 heavy (non-hydrogen) atoms. The second kappa shape index (κ2) is 7.36. The Morgan fingerprint density at radius 3 is 2.48 bits per heavy atom. The molecule has 0 radical (unpaired) electrons. The van der Waals surface area contributed by atoms with Crippen LogP contribution in [0.3, 0.4) is 0 Å². The number of nitrogens with zero attached hydrogens (tertiary/aromatic N) is 2. The lowest BCUT2D eigenvalue weighted by Crippen LogP contribution is -2.31. The maximum Gasteiger partial charge on any atom is 0.258 e. The molecule has 0 aliphatic heterocycles. The number of aromatic nitrogens is 1. The fourth-order valence-corrected chi connectivity index (χ4v) is 2.54. The summed E-state index contributed by atoms with van der Waals surface area (Å²) < 4.78 is 0.672. The van der Waals surface area contributed by atoms with Gasteiger partial charge in [0.25, 0.3) is 5.91 Å². The summed E-state index contributed by atoms with van der Waals surface area (Å²) in [7, 11) is 0.